The predicted molar refractivity (Wildman–Crippen MR) is 67.7 cm³/mol. The lowest BCUT2D eigenvalue weighted by Crippen LogP contribution is -2.32. The van der Waals surface area contributed by atoms with Crippen molar-refractivity contribution >= 4 is 5.91 Å². The van der Waals surface area contributed by atoms with Crippen LogP contribution in [0.25, 0.3) is 0 Å². The minimum atomic E-state index is -0.702. The van der Waals surface area contributed by atoms with Gasteiger partial charge in [0, 0.05) is 12.7 Å². The van der Waals surface area contributed by atoms with E-state index in [4.69, 9.17) is 0 Å². The highest BCUT2D eigenvalue weighted by Gasteiger charge is 2.20. The van der Waals surface area contributed by atoms with Crippen LogP contribution >= 0.6 is 0 Å². The molecule has 98 valence electrons. The van der Waals surface area contributed by atoms with Crippen molar-refractivity contribution in [2.24, 2.45) is 11.8 Å². The van der Waals surface area contributed by atoms with Crippen LogP contribution < -0.4 is 5.32 Å². The van der Waals surface area contributed by atoms with Crippen LogP contribution in [0.15, 0.2) is 18.3 Å². The summed E-state index contributed by atoms with van der Waals surface area (Å²) < 4.78 is 13.3. The van der Waals surface area contributed by atoms with Crippen LogP contribution in [0.1, 0.15) is 43.0 Å². The third-order valence-electron chi connectivity index (χ3n) is 3.60. The van der Waals surface area contributed by atoms with Crippen molar-refractivity contribution in [1.82, 2.24) is 10.3 Å². The maximum atomic E-state index is 13.3. The molecule has 1 fully saturated rings. The summed E-state index contributed by atoms with van der Waals surface area (Å²) in [5.41, 5.74) is 0.0290. The van der Waals surface area contributed by atoms with E-state index in [2.05, 4.69) is 17.2 Å². The van der Waals surface area contributed by atoms with Crippen molar-refractivity contribution in [3.8, 4) is 0 Å². The third kappa shape index (κ3) is 3.28. The molecule has 1 aromatic rings. The van der Waals surface area contributed by atoms with E-state index >= 15 is 0 Å². The fourth-order valence-electron chi connectivity index (χ4n) is 2.63. The summed E-state index contributed by atoms with van der Waals surface area (Å²) in [5, 5.41) is 2.81. The highest BCUT2D eigenvalue weighted by Crippen LogP contribution is 2.27. The molecule has 1 heterocycles. The molecule has 1 N–H and O–H groups in total. The predicted octanol–water partition coefficient (Wildman–Crippen LogP) is 2.78. The monoisotopic (exact) mass is 250 g/mol. The topological polar surface area (TPSA) is 42.0 Å². The summed E-state index contributed by atoms with van der Waals surface area (Å²) in [6.07, 6.45) is 6.15. The van der Waals surface area contributed by atoms with Crippen LogP contribution in [-0.2, 0) is 0 Å². The largest absolute Gasteiger partial charge is 0.352 e. The van der Waals surface area contributed by atoms with Crippen LogP contribution in [-0.4, -0.2) is 17.4 Å². The van der Waals surface area contributed by atoms with Crippen LogP contribution in [0.5, 0.6) is 0 Å². The summed E-state index contributed by atoms with van der Waals surface area (Å²) in [7, 11) is 0. The summed E-state index contributed by atoms with van der Waals surface area (Å²) in [4.78, 5) is 15.3. The molecular weight excluding hydrogens is 231 g/mol. The molecule has 4 heteroatoms. The molecule has 0 bridgehead atoms. The Kier molecular flexibility index (Phi) is 4.28. The SMILES string of the molecule is CC1CCCC(CNC(=O)c2cccnc2F)C1. The van der Waals surface area contributed by atoms with Gasteiger partial charge in [-0.15, -0.1) is 0 Å². The summed E-state index contributed by atoms with van der Waals surface area (Å²) >= 11 is 0. The summed E-state index contributed by atoms with van der Waals surface area (Å²) in [6, 6.07) is 3.03. The second kappa shape index (κ2) is 5.94. The molecular formula is C14H19FN2O. The van der Waals surface area contributed by atoms with Gasteiger partial charge in [-0.05, 0) is 36.8 Å². The number of amides is 1. The maximum Gasteiger partial charge on any atom is 0.255 e. The average molecular weight is 250 g/mol. The van der Waals surface area contributed by atoms with Gasteiger partial charge in [-0.2, -0.15) is 4.39 Å². The van der Waals surface area contributed by atoms with Gasteiger partial charge in [0.05, 0.1) is 5.56 Å². The third-order valence-corrected chi connectivity index (χ3v) is 3.60. The lowest BCUT2D eigenvalue weighted by Gasteiger charge is -2.26. The van der Waals surface area contributed by atoms with Gasteiger partial charge in [0.15, 0.2) is 0 Å². The molecule has 2 rings (SSSR count). The number of halogens is 1. The standard InChI is InChI=1S/C14H19FN2O/c1-10-4-2-5-11(8-10)9-17-14(18)12-6-3-7-16-13(12)15/h3,6-7,10-11H,2,4-5,8-9H2,1H3,(H,17,18). The number of pyridine rings is 1. The molecule has 1 saturated carbocycles. The number of nitrogens with zero attached hydrogens (tertiary/aromatic N) is 1. The molecule has 2 unspecified atom stereocenters. The van der Waals surface area contributed by atoms with Crippen molar-refractivity contribution in [2.75, 3.05) is 6.54 Å². The molecule has 3 nitrogen and oxygen atoms in total. The van der Waals surface area contributed by atoms with Crippen molar-refractivity contribution in [3.05, 3.63) is 29.8 Å². The molecule has 0 saturated heterocycles. The number of hydrogen-bond donors (Lipinski definition) is 1. The van der Waals surface area contributed by atoms with E-state index in [1.165, 1.54) is 25.1 Å². The normalized spacial score (nSPS) is 23.7. The zero-order valence-electron chi connectivity index (χ0n) is 10.7. The second-order valence-corrected chi connectivity index (χ2v) is 5.19. The minimum absolute atomic E-state index is 0.0290. The van der Waals surface area contributed by atoms with E-state index < -0.39 is 5.95 Å². The van der Waals surface area contributed by atoms with Gasteiger partial charge in [0.1, 0.15) is 0 Å². The first-order valence-corrected chi connectivity index (χ1v) is 6.55. The number of hydrogen-bond acceptors (Lipinski definition) is 2. The van der Waals surface area contributed by atoms with Gasteiger partial charge in [-0.1, -0.05) is 19.8 Å². The van der Waals surface area contributed by atoms with E-state index in [1.54, 1.807) is 6.07 Å². The van der Waals surface area contributed by atoms with Gasteiger partial charge < -0.3 is 5.32 Å². The Labute approximate surface area is 107 Å². The Bertz CT molecular complexity index is 422. The first-order valence-electron chi connectivity index (χ1n) is 6.55. The molecule has 1 aliphatic rings. The molecule has 1 amide bonds. The number of carbonyl (C=O) groups is 1. The summed E-state index contributed by atoms with van der Waals surface area (Å²) in [5.74, 6) is 0.194. The minimum Gasteiger partial charge on any atom is -0.352 e. The van der Waals surface area contributed by atoms with Crippen molar-refractivity contribution in [1.29, 1.82) is 0 Å². The maximum absolute atomic E-state index is 13.3. The van der Waals surface area contributed by atoms with E-state index in [9.17, 15) is 9.18 Å². The lowest BCUT2D eigenvalue weighted by atomic mass is 9.82. The zero-order valence-corrected chi connectivity index (χ0v) is 10.7. The van der Waals surface area contributed by atoms with Crippen molar-refractivity contribution in [2.45, 2.75) is 32.6 Å². The first kappa shape index (κ1) is 13.0. The Morgan fingerprint density at radius 1 is 1.56 bits per heavy atom. The lowest BCUT2D eigenvalue weighted by molar-refractivity contribution is 0.0935. The van der Waals surface area contributed by atoms with Crippen molar-refractivity contribution in [3.63, 3.8) is 0 Å². The molecule has 0 aliphatic heterocycles. The number of rotatable bonds is 3. The van der Waals surface area contributed by atoms with E-state index in [0.29, 0.717) is 12.5 Å². The van der Waals surface area contributed by atoms with E-state index in [1.807, 2.05) is 0 Å². The molecule has 2 atom stereocenters. The second-order valence-electron chi connectivity index (χ2n) is 5.19. The molecule has 18 heavy (non-hydrogen) atoms. The summed E-state index contributed by atoms with van der Waals surface area (Å²) in [6.45, 7) is 2.88. The molecule has 0 spiro atoms. The Balaban J connectivity index is 1.87. The zero-order chi connectivity index (χ0) is 13.0. The number of nitrogens with one attached hydrogen (secondary N) is 1. The average Bonchev–Trinajstić information content (AvgIpc) is 2.37. The van der Waals surface area contributed by atoms with E-state index in [-0.39, 0.29) is 11.5 Å². The molecule has 0 aromatic carbocycles. The number of aromatic nitrogens is 1. The first-order chi connectivity index (χ1) is 8.66. The highest BCUT2D eigenvalue weighted by atomic mass is 19.1. The Morgan fingerprint density at radius 3 is 3.11 bits per heavy atom. The van der Waals surface area contributed by atoms with Gasteiger partial charge in [-0.3, -0.25) is 4.79 Å². The molecule has 0 radical (unpaired) electrons. The molecule has 1 aliphatic carbocycles. The Morgan fingerprint density at radius 2 is 2.39 bits per heavy atom. The smallest absolute Gasteiger partial charge is 0.255 e. The molecule has 1 aromatic heterocycles. The van der Waals surface area contributed by atoms with Gasteiger partial charge >= 0.3 is 0 Å². The Hall–Kier alpha value is -1.45. The van der Waals surface area contributed by atoms with Crippen LogP contribution in [0.4, 0.5) is 4.39 Å². The van der Waals surface area contributed by atoms with Gasteiger partial charge in [0.25, 0.3) is 5.91 Å². The van der Waals surface area contributed by atoms with E-state index in [0.717, 1.165) is 18.8 Å². The van der Waals surface area contributed by atoms with Gasteiger partial charge in [0.2, 0.25) is 5.95 Å². The van der Waals surface area contributed by atoms with Gasteiger partial charge in [-0.25, -0.2) is 4.98 Å². The highest BCUT2D eigenvalue weighted by molar-refractivity contribution is 5.94. The van der Waals surface area contributed by atoms with Crippen LogP contribution in [0.2, 0.25) is 0 Å². The van der Waals surface area contributed by atoms with Crippen molar-refractivity contribution < 1.29 is 9.18 Å². The fourth-order valence-corrected chi connectivity index (χ4v) is 2.63. The number of carbonyl (C=O) groups excluding carboxylic acids is 1. The van der Waals surface area contributed by atoms with Crippen LogP contribution in [0.3, 0.4) is 0 Å². The quantitative estimate of drug-likeness (QED) is 0.838. The van der Waals surface area contributed by atoms with Crippen LogP contribution in [0, 0.1) is 17.8 Å². The fraction of sp³-hybridized carbons (Fsp3) is 0.571.